The van der Waals surface area contributed by atoms with Crippen LogP contribution in [-0.4, -0.2) is 19.9 Å². The number of nitrogens with zero attached hydrogens (tertiary/aromatic N) is 4. The molecule has 8 heteroatoms. The van der Waals surface area contributed by atoms with Crippen molar-refractivity contribution in [1.29, 1.82) is 0 Å². The molecule has 0 atom stereocenters. The molecule has 0 bridgehead atoms. The third-order valence-electron chi connectivity index (χ3n) is 2.79. The summed E-state index contributed by atoms with van der Waals surface area (Å²) in [5.74, 6) is 0.431. The van der Waals surface area contributed by atoms with Crippen LogP contribution in [0.2, 0.25) is 0 Å². The van der Waals surface area contributed by atoms with Crippen LogP contribution in [0.15, 0.2) is 24.3 Å². The zero-order chi connectivity index (χ0) is 14.3. The maximum atomic E-state index is 5.91. The first kappa shape index (κ1) is 11.9. The Balaban J connectivity index is 2.26. The third kappa shape index (κ3) is 1.88. The molecule has 3 aromatic rings. The molecular weight excluding hydrogens is 256 g/mol. The number of aromatic nitrogens is 4. The third-order valence-corrected chi connectivity index (χ3v) is 2.79. The van der Waals surface area contributed by atoms with E-state index in [9.17, 15) is 0 Å². The monoisotopic (exact) mass is 268 g/mol. The van der Waals surface area contributed by atoms with E-state index in [1.54, 1.807) is 24.3 Å². The fourth-order valence-corrected chi connectivity index (χ4v) is 1.85. The molecule has 0 spiro atoms. The highest BCUT2D eigenvalue weighted by Gasteiger charge is 2.12. The van der Waals surface area contributed by atoms with E-state index in [0.717, 1.165) is 5.56 Å². The van der Waals surface area contributed by atoms with Gasteiger partial charge in [-0.05, 0) is 12.1 Å². The molecule has 0 unspecified atom stereocenters. The van der Waals surface area contributed by atoms with Gasteiger partial charge in [0.05, 0.1) is 0 Å². The van der Waals surface area contributed by atoms with Crippen molar-refractivity contribution < 1.29 is 0 Å². The topological polar surface area (TPSA) is 156 Å². The molecule has 0 amide bonds. The summed E-state index contributed by atoms with van der Waals surface area (Å²) < 4.78 is 0. The van der Waals surface area contributed by atoms with Crippen molar-refractivity contribution in [2.75, 3.05) is 22.9 Å². The average molecular weight is 268 g/mol. The van der Waals surface area contributed by atoms with Gasteiger partial charge in [-0.15, -0.1) is 0 Å². The quantitative estimate of drug-likeness (QED) is 0.462. The Morgan fingerprint density at radius 2 is 1.40 bits per heavy atom. The number of nitrogens with two attached hydrogens (primary N) is 4. The van der Waals surface area contributed by atoms with Gasteiger partial charge in [-0.2, -0.15) is 9.97 Å². The highest BCUT2D eigenvalue weighted by molar-refractivity contribution is 5.87. The molecule has 3 rings (SSSR count). The zero-order valence-corrected chi connectivity index (χ0v) is 10.4. The summed E-state index contributed by atoms with van der Waals surface area (Å²) in [6.45, 7) is 0. The lowest BCUT2D eigenvalue weighted by Crippen LogP contribution is -2.06. The predicted molar refractivity (Wildman–Crippen MR) is 78.2 cm³/mol. The summed E-state index contributed by atoms with van der Waals surface area (Å²) in [6.07, 6.45) is 0. The number of hydrogen-bond acceptors (Lipinski definition) is 8. The second-order valence-electron chi connectivity index (χ2n) is 4.22. The van der Waals surface area contributed by atoms with Gasteiger partial charge in [0.15, 0.2) is 22.8 Å². The first-order valence-electron chi connectivity index (χ1n) is 5.76. The lowest BCUT2D eigenvalue weighted by atomic mass is 10.1. The van der Waals surface area contributed by atoms with Gasteiger partial charge in [-0.3, -0.25) is 0 Å². The lowest BCUT2D eigenvalue weighted by Gasteiger charge is -2.07. The number of nitrogen functional groups attached to an aromatic ring is 4. The normalized spacial score (nSPS) is 10.8. The van der Waals surface area contributed by atoms with Crippen LogP contribution < -0.4 is 22.9 Å². The van der Waals surface area contributed by atoms with Crippen molar-refractivity contribution in [3.8, 4) is 11.3 Å². The second-order valence-corrected chi connectivity index (χ2v) is 4.22. The van der Waals surface area contributed by atoms with Gasteiger partial charge in [0, 0.05) is 11.3 Å². The summed E-state index contributed by atoms with van der Waals surface area (Å²) in [7, 11) is 0. The molecule has 20 heavy (non-hydrogen) atoms. The highest BCUT2D eigenvalue weighted by Crippen LogP contribution is 2.26. The molecule has 0 aliphatic carbocycles. The van der Waals surface area contributed by atoms with Gasteiger partial charge in [-0.1, -0.05) is 12.1 Å². The minimum absolute atomic E-state index is 0.0314. The van der Waals surface area contributed by atoms with Crippen LogP contribution >= 0.6 is 0 Å². The fourth-order valence-electron chi connectivity index (χ4n) is 1.85. The van der Waals surface area contributed by atoms with Gasteiger partial charge in [-0.25, -0.2) is 9.97 Å². The SMILES string of the molecule is Nc1ccc(-c2nc3c(N)nc(N)nc3nc2N)cc1. The van der Waals surface area contributed by atoms with Crippen molar-refractivity contribution in [1.82, 2.24) is 19.9 Å². The fraction of sp³-hybridized carbons (Fsp3) is 0. The average Bonchev–Trinajstić information content (AvgIpc) is 2.39. The first-order chi connectivity index (χ1) is 9.54. The maximum Gasteiger partial charge on any atom is 0.224 e. The van der Waals surface area contributed by atoms with Crippen LogP contribution in [0.4, 0.5) is 23.3 Å². The summed E-state index contributed by atoms with van der Waals surface area (Å²) in [4.78, 5) is 16.4. The van der Waals surface area contributed by atoms with Gasteiger partial charge in [0.25, 0.3) is 0 Å². The van der Waals surface area contributed by atoms with Crippen LogP contribution in [0.1, 0.15) is 0 Å². The van der Waals surface area contributed by atoms with Crippen molar-refractivity contribution in [2.45, 2.75) is 0 Å². The molecule has 0 saturated heterocycles. The largest absolute Gasteiger partial charge is 0.399 e. The molecule has 2 heterocycles. The Hall–Kier alpha value is -3.16. The van der Waals surface area contributed by atoms with Gasteiger partial charge in [0.2, 0.25) is 5.95 Å². The van der Waals surface area contributed by atoms with Gasteiger partial charge in [0.1, 0.15) is 5.69 Å². The zero-order valence-electron chi connectivity index (χ0n) is 10.4. The smallest absolute Gasteiger partial charge is 0.224 e. The van der Waals surface area contributed by atoms with E-state index in [2.05, 4.69) is 19.9 Å². The molecule has 0 aliphatic rings. The molecule has 0 saturated carbocycles. The van der Waals surface area contributed by atoms with E-state index in [1.165, 1.54) is 0 Å². The van der Waals surface area contributed by atoms with Crippen molar-refractivity contribution in [3.05, 3.63) is 24.3 Å². The van der Waals surface area contributed by atoms with Crippen LogP contribution in [0.3, 0.4) is 0 Å². The predicted octanol–water partition coefficient (Wildman–Crippen LogP) is 0.416. The van der Waals surface area contributed by atoms with Crippen molar-refractivity contribution in [3.63, 3.8) is 0 Å². The Morgan fingerprint density at radius 1 is 0.700 bits per heavy atom. The lowest BCUT2D eigenvalue weighted by molar-refractivity contribution is 1.17. The summed E-state index contributed by atoms with van der Waals surface area (Å²) in [5.41, 5.74) is 25.4. The molecule has 1 aromatic carbocycles. The first-order valence-corrected chi connectivity index (χ1v) is 5.76. The molecule has 8 nitrogen and oxygen atoms in total. The van der Waals surface area contributed by atoms with E-state index in [4.69, 9.17) is 22.9 Å². The maximum absolute atomic E-state index is 5.91. The standard InChI is InChI=1S/C12H12N8/c13-6-3-1-5(2-4-6)7-9(14)18-11-8(17-7)10(15)19-12(16)20-11/h1-4H,13H2,(H6,14,15,16,18,19,20). The van der Waals surface area contributed by atoms with Crippen LogP contribution in [0.25, 0.3) is 22.4 Å². The van der Waals surface area contributed by atoms with Gasteiger partial charge >= 0.3 is 0 Å². The summed E-state index contributed by atoms with van der Waals surface area (Å²) in [6, 6.07) is 7.11. The van der Waals surface area contributed by atoms with Crippen molar-refractivity contribution >= 4 is 34.4 Å². The molecule has 0 fully saturated rings. The highest BCUT2D eigenvalue weighted by atomic mass is 15.1. The molecule has 8 N–H and O–H groups in total. The van der Waals surface area contributed by atoms with Crippen LogP contribution in [0.5, 0.6) is 0 Å². The summed E-state index contributed by atoms with van der Waals surface area (Å²) >= 11 is 0. The summed E-state index contributed by atoms with van der Waals surface area (Å²) in [5, 5.41) is 0. The minimum Gasteiger partial charge on any atom is -0.399 e. The Bertz CT molecular complexity index is 797. The number of rotatable bonds is 1. The Kier molecular flexibility index (Phi) is 2.50. The Labute approximate surface area is 113 Å². The molecule has 2 aromatic heterocycles. The molecule has 100 valence electrons. The van der Waals surface area contributed by atoms with E-state index in [-0.39, 0.29) is 23.2 Å². The van der Waals surface area contributed by atoms with Crippen LogP contribution in [-0.2, 0) is 0 Å². The minimum atomic E-state index is 0.0314. The second kappa shape index (κ2) is 4.19. The molecular formula is C12H12N8. The van der Waals surface area contributed by atoms with Gasteiger partial charge < -0.3 is 22.9 Å². The van der Waals surface area contributed by atoms with E-state index in [1.807, 2.05) is 0 Å². The van der Waals surface area contributed by atoms with Crippen LogP contribution in [0, 0.1) is 0 Å². The number of anilines is 4. The number of fused-ring (bicyclic) bond motifs is 1. The Morgan fingerprint density at radius 3 is 2.10 bits per heavy atom. The van der Waals surface area contributed by atoms with E-state index < -0.39 is 0 Å². The van der Waals surface area contributed by atoms with Crippen molar-refractivity contribution in [2.24, 2.45) is 0 Å². The van der Waals surface area contributed by atoms with E-state index in [0.29, 0.717) is 16.9 Å². The van der Waals surface area contributed by atoms with E-state index >= 15 is 0 Å². The number of hydrogen-bond donors (Lipinski definition) is 4. The number of benzene rings is 1. The molecule has 0 aliphatic heterocycles. The molecule has 0 radical (unpaired) electrons.